The first-order valence-corrected chi connectivity index (χ1v) is 5.60. The van der Waals surface area contributed by atoms with Gasteiger partial charge in [-0.15, -0.1) is 5.10 Å². The first-order chi connectivity index (χ1) is 9.54. The van der Waals surface area contributed by atoms with Gasteiger partial charge in [-0.3, -0.25) is 0 Å². The van der Waals surface area contributed by atoms with Crippen LogP contribution in [0.4, 0.5) is 8.78 Å². The number of aromatic nitrogens is 3. The Kier molecular flexibility index (Phi) is 2.67. The summed E-state index contributed by atoms with van der Waals surface area (Å²) < 4.78 is 27.3. The average Bonchev–Trinajstić information content (AvgIpc) is 2.84. The summed E-state index contributed by atoms with van der Waals surface area (Å²) >= 11 is 0. The molecule has 1 N–H and O–H groups in total. The largest absolute Gasteiger partial charge is 0.478 e. The van der Waals surface area contributed by atoms with Crippen molar-refractivity contribution in [2.75, 3.05) is 0 Å². The van der Waals surface area contributed by atoms with Crippen LogP contribution in [0.2, 0.25) is 0 Å². The van der Waals surface area contributed by atoms with E-state index in [0.717, 1.165) is 12.1 Å². The highest BCUT2D eigenvalue weighted by Crippen LogP contribution is 2.19. The summed E-state index contributed by atoms with van der Waals surface area (Å²) in [6.07, 6.45) is 1.30. The fraction of sp³-hybridized carbons (Fsp3) is 0. The number of carboxylic acids is 1. The SMILES string of the molecule is O=C(O)c1ccc2nc(-c3ccc(F)c(F)c3)nn2c1. The van der Waals surface area contributed by atoms with Crippen LogP contribution in [-0.2, 0) is 0 Å². The molecule has 3 aromatic rings. The second-order valence-electron chi connectivity index (χ2n) is 4.09. The molecule has 7 heteroatoms. The highest BCUT2D eigenvalue weighted by molar-refractivity contribution is 5.87. The van der Waals surface area contributed by atoms with Crippen molar-refractivity contribution in [3.63, 3.8) is 0 Å². The average molecular weight is 275 g/mol. The van der Waals surface area contributed by atoms with E-state index in [-0.39, 0.29) is 11.4 Å². The molecule has 20 heavy (non-hydrogen) atoms. The fourth-order valence-electron chi connectivity index (χ4n) is 1.77. The van der Waals surface area contributed by atoms with Gasteiger partial charge in [-0.1, -0.05) is 0 Å². The van der Waals surface area contributed by atoms with Gasteiger partial charge in [0.05, 0.1) is 5.56 Å². The molecule has 0 saturated heterocycles. The molecule has 3 rings (SSSR count). The molecule has 5 nitrogen and oxygen atoms in total. The van der Waals surface area contributed by atoms with Crippen LogP contribution in [0.3, 0.4) is 0 Å². The van der Waals surface area contributed by atoms with Gasteiger partial charge in [0.2, 0.25) is 0 Å². The van der Waals surface area contributed by atoms with E-state index < -0.39 is 17.6 Å². The van der Waals surface area contributed by atoms with Gasteiger partial charge in [0.25, 0.3) is 0 Å². The number of hydrogen-bond acceptors (Lipinski definition) is 3. The molecule has 100 valence electrons. The number of aromatic carboxylic acids is 1. The molecule has 0 saturated carbocycles. The minimum atomic E-state index is -1.09. The number of carboxylic acid groups (broad SMARTS) is 1. The molecule has 0 aliphatic carbocycles. The predicted molar refractivity (Wildman–Crippen MR) is 65.3 cm³/mol. The molecule has 2 heterocycles. The Hall–Kier alpha value is -2.83. The summed E-state index contributed by atoms with van der Waals surface area (Å²) in [6.45, 7) is 0. The maximum absolute atomic E-state index is 13.2. The Labute approximate surface area is 111 Å². The van der Waals surface area contributed by atoms with E-state index in [0.29, 0.717) is 11.2 Å². The summed E-state index contributed by atoms with van der Waals surface area (Å²) in [5, 5.41) is 12.9. The predicted octanol–water partition coefficient (Wildman–Crippen LogP) is 2.37. The van der Waals surface area contributed by atoms with E-state index in [1.165, 1.54) is 28.9 Å². The maximum atomic E-state index is 13.2. The lowest BCUT2D eigenvalue weighted by Gasteiger charge is -1.96. The molecule has 0 aliphatic heterocycles. The van der Waals surface area contributed by atoms with Crippen LogP contribution in [0.15, 0.2) is 36.5 Å². The number of nitrogens with zero attached hydrogens (tertiary/aromatic N) is 3. The second kappa shape index (κ2) is 4.37. The lowest BCUT2D eigenvalue weighted by molar-refractivity contribution is 0.0696. The summed E-state index contributed by atoms with van der Waals surface area (Å²) in [5.74, 6) is -2.85. The van der Waals surface area contributed by atoms with Crippen LogP contribution < -0.4 is 0 Å². The topological polar surface area (TPSA) is 67.5 Å². The van der Waals surface area contributed by atoms with Crippen molar-refractivity contribution in [3.8, 4) is 11.4 Å². The Morgan fingerprint density at radius 2 is 1.95 bits per heavy atom. The molecule has 0 aliphatic rings. The van der Waals surface area contributed by atoms with E-state index in [4.69, 9.17) is 5.11 Å². The van der Waals surface area contributed by atoms with Gasteiger partial charge < -0.3 is 5.11 Å². The second-order valence-corrected chi connectivity index (χ2v) is 4.09. The van der Waals surface area contributed by atoms with Gasteiger partial charge >= 0.3 is 5.97 Å². The first-order valence-electron chi connectivity index (χ1n) is 5.60. The molecule has 1 aromatic carbocycles. The van der Waals surface area contributed by atoms with Gasteiger partial charge in [-0.25, -0.2) is 23.1 Å². The molecular formula is C13H7F2N3O2. The third-order valence-electron chi connectivity index (χ3n) is 2.76. The zero-order valence-electron chi connectivity index (χ0n) is 9.92. The standard InChI is InChI=1S/C13H7F2N3O2/c14-9-3-1-7(5-10(9)15)12-16-11-4-2-8(13(19)20)6-18(11)17-12/h1-6H,(H,19,20). The number of pyridine rings is 1. The lowest BCUT2D eigenvalue weighted by atomic mass is 10.2. The molecule has 0 unspecified atom stereocenters. The molecule has 0 bridgehead atoms. The van der Waals surface area contributed by atoms with Crippen molar-refractivity contribution in [2.24, 2.45) is 0 Å². The van der Waals surface area contributed by atoms with E-state index in [9.17, 15) is 13.6 Å². The highest BCUT2D eigenvalue weighted by atomic mass is 19.2. The quantitative estimate of drug-likeness (QED) is 0.779. The molecule has 0 atom stereocenters. The van der Waals surface area contributed by atoms with E-state index in [1.54, 1.807) is 0 Å². The Balaban J connectivity index is 2.12. The van der Waals surface area contributed by atoms with Crippen LogP contribution in [0.25, 0.3) is 17.0 Å². The van der Waals surface area contributed by atoms with E-state index >= 15 is 0 Å². The lowest BCUT2D eigenvalue weighted by Crippen LogP contribution is -1.99. The third-order valence-corrected chi connectivity index (χ3v) is 2.76. The van der Waals surface area contributed by atoms with Gasteiger partial charge in [-0.05, 0) is 30.3 Å². The van der Waals surface area contributed by atoms with Crippen molar-refractivity contribution in [2.45, 2.75) is 0 Å². The minimum Gasteiger partial charge on any atom is -0.478 e. The van der Waals surface area contributed by atoms with Crippen LogP contribution in [0.1, 0.15) is 10.4 Å². The molecule has 0 fully saturated rings. The first kappa shape index (κ1) is 12.2. The number of fused-ring (bicyclic) bond motifs is 1. The van der Waals surface area contributed by atoms with Crippen LogP contribution in [0.5, 0.6) is 0 Å². The van der Waals surface area contributed by atoms with Crippen molar-refractivity contribution in [1.29, 1.82) is 0 Å². The molecule has 0 amide bonds. The zero-order valence-corrected chi connectivity index (χ0v) is 9.92. The van der Waals surface area contributed by atoms with Crippen molar-refractivity contribution in [3.05, 3.63) is 53.7 Å². The minimum absolute atomic E-state index is 0.0548. The number of carbonyl (C=O) groups is 1. The normalized spacial score (nSPS) is 10.9. The summed E-state index contributed by atoms with van der Waals surface area (Å²) in [6, 6.07) is 6.20. The van der Waals surface area contributed by atoms with Crippen LogP contribution in [-0.4, -0.2) is 25.7 Å². The highest BCUT2D eigenvalue weighted by Gasteiger charge is 2.11. The molecule has 0 spiro atoms. The summed E-state index contributed by atoms with van der Waals surface area (Å²) in [4.78, 5) is 15.0. The third kappa shape index (κ3) is 1.99. The smallest absolute Gasteiger partial charge is 0.337 e. The van der Waals surface area contributed by atoms with Crippen LogP contribution >= 0.6 is 0 Å². The van der Waals surface area contributed by atoms with Crippen molar-refractivity contribution < 1.29 is 18.7 Å². The van der Waals surface area contributed by atoms with Crippen molar-refractivity contribution in [1.82, 2.24) is 14.6 Å². The monoisotopic (exact) mass is 275 g/mol. The summed E-state index contributed by atoms with van der Waals surface area (Å²) in [7, 11) is 0. The molecule has 0 radical (unpaired) electrons. The van der Waals surface area contributed by atoms with E-state index in [1.807, 2.05) is 0 Å². The van der Waals surface area contributed by atoms with Gasteiger partial charge in [0.15, 0.2) is 23.1 Å². The molecule has 2 aromatic heterocycles. The fourth-order valence-corrected chi connectivity index (χ4v) is 1.77. The number of benzene rings is 1. The Bertz CT molecular complexity index is 830. The van der Waals surface area contributed by atoms with Gasteiger partial charge in [0.1, 0.15) is 0 Å². The van der Waals surface area contributed by atoms with E-state index in [2.05, 4.69) is 10.1 Å². The number of halogens is 2. The number of hydrogen-bond donors (Lipinski definition) is 1. The molecular weight excluding hydrogens is 268 g/mol. The maximum Gasteiger partial charge on any atom is 0.337 e. The Morgan fingerprint density at radius 3 is 2.65 bits per heavy atom. The van der Waals surface area contributed by atoms with Crippen LogP contribution in [0, 0.1) is 11.6 Å². The zero-order chi connectivity index (χ0) is 14.3. The van der Waals surface area contributed by atoms with Gasteiger partial charge in [-0.2, -0.15) is 0 Å². The van der Waals surface area contributed by atoms with Gasteiger partial charge in [0, 0.05) is 11.8 Å². The Morgan fingerprint density at radius 1 is 1.15 bits per heavy atom. The summed E-state index contributed by atoms with van der Waals surface area (Å²) in [5.41, 5.74) is 0.776. The number of rotatable bonds is 2. The van der Waals surface area contributed by atoms with Crippen molar-refractivity contribution >= 4 is 11.6 Å².